The number of aromatic nitrogens is 2. The first-order chi connectivity index (χ1) is 8.15. The second-order valence-corrected chi connectivity index (χ2v) is 4.51. The van der Waals surface area contributed by atoms with E-state index in [4.69, 9.17) is 0 Å². The summed E-state index contributed by atoms with van der Waals surface area (Å²) in [5, 5.41) is 14.2. The molecular formula is C14H18N2O. The molecule has 17 heavy (non-hydrogen) atoms. The molecule has 0 radical (unpaired) electrons. The summed E-state index contributed by atoms with van der Waals surface area (Å²) in [7, 11) is 1.89. The lowest BCUT2D eigenvalue weighted by Gasteiger charge is -2.11. The van der Waals surface area contributed by atoms with Gasteiger partial charge < -0.3 is 5.11 Å². The van der Waals surface area contributed by atoms with Gasteiger partial charge in [0.2, 0.25) is 0 Å². The average Bonchev–Trinajstić information content (AvgIpc) is 2.67. The Bertz CT molecular complexity index is 490. The van der Waals surface area contributed by atoms with Crippen LogP contribution in [0.25, 0.3) is 0 Å². The van der Waals surface area contributed by atoms with Crippen LogP contribution in [0.3, 0.4) is 0 Å². The van der Waals surface area contributed by atoms with Gasteiger partial charge in [-0.25, -0.2) is 0 Å². The van der Waals surface area contributed by atoms with E-state index in [-0.39, 0.29) is 6.10 Å². The monoisotopic (exact) mass is 230 g/mol. The molecule has 90 valence electrons. The Labute approximate surface area is 102 Å². The molecule has 1 aromatic heterocycles. The Morgan fingerprint density at radius 2 is 2.06 bits per heavy atom. The molecule has 1 unspecified atom stereocenters. The van der Waals surface area contributed by atoms with Gasteiger partial charge in [-0.15, -0.1) is 0 Å². The first-order valence-electron chi connectivity index (χ1n) is 5.85. The second kappa shape index (κ2) is 5.15. The van der Waals surface area contributed by atoms with Crippen molar-refractivity contribution in [2.45, 2.75) is 25.9 Å². The van der Waals surface area contributed by atoms with Crippen molar-refractivity contribution >= 4 is 0 Å². The van der Waals surface area contributed by atoms with E-state index in [1.807, 2.05) is 25.4 Å². The highest BCUT2D eigenvalue weighted by Crippen LogP contribution is 2.12. The van der Waals surface area contributed by atoms with Crippen LogP contribution in [0.1, 0.15) is 16.7 Å². The fourth-order valence-electron chi connectivity index (χ4n) is 2.01. The van der Waals surface area contributed by atoms with Gasteiger partial charge in [0.05, 0.1) is 12.3 Å². The van der Waals surface area contributed by atoms with E-state index in [1.54, 1.807) is 10.9 Å². The summed E-state index contributed by atoms with van der Waals surface area (Å²) in [6, 6.07) is 8.18. The fourth-order valence-corrected chi connectivity index (χ4v) is 2.01. The molecule has 0 aliphatic heterocycles. The molecule has 1 aromatic carbocycles. The van der Waals surface area contributed by atoms with Crippen molar-refractivity contribution in [3.05, 3.63) is 53.3 Å². The Morgan fingerprint density at radius 1 is 1.29 bits per heavy atom. The first kappa shape index (κ1) is 11.9. The molecule has 1 heterocycles. The number of rotatable bonds is 4. The molecule has 0 saturated heterocycles. The maximum atomic E-state index is 10.1. The summed E-state index contributed by atoms with van der Waals surface area (Å²) >= 11 is 0. The molecular weight excluding hydrogens is 212 g/mol. The van der Waals surface area contributed by atoms with Gasteiger partial charge in [0, 0.05) is 19.7 Å². The molecule has 0 aliphatic rings. The van der Waals surface area contributed by atoms with E-state index in [0.29, 0.717) is 12.8 Å². The molecule has 0 aliphatic carbocycles. The van der Waals surface area contributed by atoms with Gasteiger partial charge in [-0.05, 0) is 30.0 Å². The zero-order valence-electron chi connectivity index (χ0n) is 10.3. The minimum atomic E-state index is -0.347. The molecule has 1 N–H and O–H groups in total. The average molecular weight is 230 g/mol. The SMILES string of the molecule is Cc1ccccc1CC(O)Cc1cnn(C)c1. The van der Waals surface area contributed by atoms with Crippen molar-refractivity contribution in [3.63, 3.8) is 0 Å². The lowest BCUT2D eigenvalue weighted by molar-refractivity contribution is 0.175. The molecule has 0 bridgehead atoms. The maximum absolute atomic E-state index is 10.1. The van der Waals surface area contributed by atoms with Crippen LogP contribution in [0.2, 0.25) is 0 Å². The normalized spacial score (nSPS) is 12.6. The van der Waals surface area contributed by atoms with E-state index in [2.05, 4.69) is 24.2 Å². The third kappa shape index (κ3) is 3.17. The first-order valence-corrected chi connectivity index (χ1v) is 5.85. The van der Waals surface area contributed by atoms with Gasteiger partial charge in [-0.1, -0.05) is 24.3 Å². The molecule has 2 rings (SSSR count). The van der Waals surface area contributed by atoms with Crippen molar-refractivity contribution in [1.29, 1.82) is 0 Å². The predicted octanol–water partition coefficient (Wildman–Crippen LogP) is 1.87. The second-order valence-electron chi connectivity index (χ2n) is 4.51. The van der Waals surface area contributed by atoms with Crippen LogP contribution in [-0.2, 0) is 19.9 Å². The van der Waals surface area contributed by atoms with Crippen LogP contribution in [-0.4, -0.2) is 21.0 Å². The van der Waals surface area contributed by atoms with E-state index in [9.17, 15) is 5.11 Å². The minimum Gasteiger partial charge on any atom is -0.392 e. The number of hydrogen-bond donors (Lipinski definition) is 1. The van der Waals surface area contributed by atoms with Crippen molar-refractivity contribution in [1.82, 2.24) is 9.78 Å². The van der Waals surface area contributed by atoms with Crippen LogP contribution in [0, 0.1) is 6.92 Å². The van der Waals surface area contributed by atoms with Crippen LogP contribution < -0.4 is 0 Å². The van der Waals surface area contributed by atoms with Gasteiger partial charge >= 0.3 is 0 Å². The summed E-state index contributed by atoms with van der Waals surface area (Å²) in [4.78, 5) is 0. The standard InChI is InChI=1S/C14H18N2O/c1-11-5-3-4-6-13(11)8-14(17)7-12-9-15-16(2)10-12/h3-6,9-10,14,17H,7-8H2,1-2H3. The topological polar surface area (TPSA) is 38.1 Å². The van der Waals surface area contributed by atoms with Crippen LogP contribution >= 0.6 is 0 Å². The zero-order chi connectivity index (χ0) is 12.3. The number of nitrogens with zero attached hydrogens (tertiary/aromatic N) is 2. The summed E-state index contributed by atoms with van der Waals surface area (Å²) < 4.78 is 1.76. The Hall–Kier alpha value is -1.61. The van der Waals surface area contributed by atoms with E-state index in [1.165, 1.54) is 11.1 Å². The summed E-state index contributed by atoms with van der Waals surface area (Å²) in [5.74, 6) is 0. The van der Waals surface area contributed by atoms with E-state index >= 15 is 0 Å². The van der Waals surface area contributed by atoms with Gasteiger partial charge in [0.25, 0.3) is 0 Å². The third-order valence-corrected chi connectivity index (χ3v) is 2.95. The number of aliphatic hydroxyl groups excluding tert-OH is 1. The van der Waals surface area contributed by atoms with Crippen LogP contribution in [0.5, 0.6) is 0 Å². The smallest absolute Gasteiger partial charge is 0.0622 e. The third-order valence-electron chi connectivity index (χ3n) is 2.95. The molecule has 2 aromatic rings. The molecule has 0 fully saturated rings. The molecule has 0 amide bonds. The maximum Gasteiger partial charge on any atom is 0.0622 e. The highest BCUT2D eigenvalue weighted by molar-refractivity contribution is 5.26. The van der Waals surface area contributed by atoms with E-state index < -0.39 is 0 Å². The van der Waals surface area contributed by atoms with Crippen molar-refractivity contribution < 1.29 is 5.11 Å². The lowest BCUT2D eigenvalue weighted by Crippen LogP contribution is -2.14. The van der Waals surface area contributed by atoms with Crippen molar-refractivity contribution in [2.24, 2.45) is 7.05 Å². The minimum absolute atomic E-state index is 0.347. The molecule has 3 heteroatoms. The number of benzene rings is 1. The van der Waals surface area contributed by atoms with Gasteiger partial charge in [-0.3, -0.25) is 4.68 Å². The van der Waals surface area contributed by atoms with Crippen molar-refractivity contribution in [2.75, 3.05) is 0 Å². The highest BCUT2D eigenvalue weighted by Gasteiger charge is 2.09. The van der Waals surface area contributed by atoms with Gasteiger partial charge in [-0.2, -0.15) is 5.10 Å². The van der Waals surface area contributed by atoms with E-state index in [0.717, 1.165) is 5.56 Å². The molecule has 0 spiro atoms. The summed E-state index contributed by atoms with van der Waals surface area (Å²) in [5.41, 5.74) is 3.52. The summed E-state index contributed by atoms with van der Waals surface area (Å²) in [6.45, 7) is 2.08. The van der Waals surface area contributed by atoms with Gasteiger partial charge in [0.1, 0.15) is 0 Å². The predicted molar refractivity (Wildman–Crippen MR) is 67.8 cm³/mol. The quantitative estimate of drug-likeness (QED) is 0.870. The fraction of sp³-hybridized carbons (Fsp3) is 0.357. The zero-order valence-corrected chi connectivity index (χ0v) is 10.3. The van der Waals surface area contributed by atoms with Crippen LogP contribution in [0.4, 0.5) is 0 Å². The number of aliphatic hydroxyl groups is 1. The number of hydrogen-bond acceptors (Lipinski definition) is 2. The number of aryl methyl sites for hydroxylation is 2. The Morgan fingerprint density at radius 3 is 2.71 bits per heavy atom. The Kier molecular flexibility index (Phi) is 3.59. The lowest BCUT2D eigenvalue weighted by atomic mass is 9.99. The highest BCUT2D eigenvalue weighted by atomic mass is 16.3. The largest absolute Gasteiger partial charge is 0.392 e. The molecule has 1 atom stereocenters. The molecule has 0 saturated carbocycles. The Balaban J connectivity index is 1.98. The van der Waals surface area contributed by atoms with Gasteiger partial charge in [0.15, 0.2) is 0 Å². The summed E-state index contributed by atoms with van der Waals surface area (Å²) in [6.07, 6.45) is 4.76. The molecule has 3 nitrogen and oxygen atoms in total. The van der Waals surface area contributed by atoms with Crippen LogP contribution in [0.15, 0.2) is 36.7 Å². The van der Waals surface area contributed by atoms with Crippen molar-refractivity contribution in [3.8, 4) is 0 Å².